The van der Waals surface area contributed by atoms with Crippen molar-refractivity contribution < 1.29 is 4.79 Å². The van der Waals surface area contributed by atoms with E-state index in [1.807, 2.05) is 35.2 Å². The molecule has 2 aromatic rings. The van der Waals surface area contributed by atoms with E-state index >= 15 is 0 Å². The van der Waals surface area contributed by atoms with Gasteiger partial charge in [0.05, 0.1) is 0 Å². The van der Waals surface area contributed by atoms with Crippen LogP contribution in [0.3, 0.4) is 0 Å². The number of anilines is 1. The van der Waals surface area contributed by atoms with Crippen LogP contribution < -0.4 is 5.32 Å². The summed E-state index contributed by atoms with van der Waals surface area (Å²) in [6.45, 7) is 4.93. The van der Waals surface area contributed by atoms with Crippen LogP contribution in [0.1, 0.15) is 12.0 Å². The summed E-state index contributed by atoms with van der Waals surface area (Å²) in [6.07, 6.45) is 1.11. The molecule has 0 bridgehead atoms. The SMILES string of the molecule is O=C(Nc1ccccc1)N1CCC2(CN(Cc3ccccc3)C2)C1. The van der Waals surface area contributed by atoms with Gasteiger partial charge in [0.1, 0.15) is 0 Å². The molecule has 0 atom stereocenters. The summed E-state index contributed by atoms with van der Waals surface area (Å²) in [6, 6.07) is 20.3. The van der Waals surface area contributed by atoms with Crippen molar-refractivity contribution in [3.63, 3.8) is 0 Å². The summed E-state index contributed by atoms with van der Waals surface area (Å²) in [5, 5.41) is 2.99. The van der Waals surface area contributed by atoms with E-state index in [9.17, 15) is 4.79 Å². The van der Waals surface area contributed by atoms with E-state index in [-0.39, 0.29) is 6.03 Å². The number of likely N-dealkylation sites (tertiary alicyclic amines) is 2. The standard InChI is InChI=1S/C20H23N3O/c24-19(21-18-9-5-2-6-10-18)23-12-11-20(16-23)14-22(15-20)13-17-7-3-1-4-8-17/h1-10H,11-16H2,(H,21,24). The third kappa shape index (κ3) is 3.15. The lowest BCUT2D eigenvalue weighted by Crippen LogP contribution is -2.57. The molecule has 2 amide bonds. The molecular weight excluding hydrogens is 298 g/mol. The summed E-state index contributed by atoms with van der Waals surface area (Å²) in [5.74, 6) is 0. The van der Waals surface area contributed by atoms with Crippen molar-refractivity contribution in [3.8, 4) is 0 Å². The van der Waals surface area contributed by atoms with E-state index in [0.29, 0.717) is 5.41 Å². The van der Waals surface area contributed by atoms with Crippen molar-refractivity contribution in [3.05, 3.63) is 66.2 Å². The molecule has 4 rings (SSSR count). The molecule has 4 nitrogen and oxygen atoms in total. The van der Waals surface area contributed by atoms with Gasteiger partial charge in [0.25, 0.3) is 0 Å². The number of carbonyl (C=O) groups excluding carboxylic acids is 1. The number of urea groups is 1. The number of hydrogen-bond acceptors (Lipinski definition) is 2. The Bertz CT molecular complexity index is 695. The Morgan fingerprint density at radius 3 is 2.33 bits per heavy atom. The van der Waals surface area contributed by atoms with Crippen LogP contribution in [0.25, 0.3) is 0 Å². The van der Waals surface area contributed by atoms with Crippen LogP contribution >= 0.6 is 0 Å². The molecule has 0 saturated carbocycles. The van der Waals surface area contributed by atoms with Gasteiger partial charge < -0.3 is 10.2 Å². The van der Waals surface area contributed by atoms with Crippen LogP contribution in [-0.4, -0.2) is 42.0 Å². The molecule has 2 saturated heterocycles. The number of rotatable bonds is 3. The first-order valence-corrected chi connectivity index (χ1v) is 8.60. The molecule has 2 aliphatic heterocycles. The molecule has 2 heterocycles. The maximum atomic E-state index is 12.4. The zero-order valence-electron chi connectivity index (χ0n) is 13.8. The Balaban J connectivity index is 1.29. The van der Waals surface area contributed by atoms with Gasteiger partial charge >= 0.3 is 6.03 Å². The van der Waals surface area contributed by atoms with Crippen molar-refractivity contribution in [2.24, 2.45) is 5.41 Å². The first-order valence-electron chi connectivity index (χ1n) is 8.60. The highest BCUT2D eigenvalue weighted by Crippen LogP contribution is 2.40. The van der Waals surface area contributed by atoms with Crippen molar-refractivity contribution in [2.75, 3.05) is 31.5 Å². The highest BCUT2D eigenvalue weighted by Gasteiger charge is 2.48. The second-order valence-electron chi connectivity index (χ2n) is 7.10. The molecular formula is C20H23N3O. The molecule has 2 aliphatic rings. The van der Waals surface area contributed by atoms with E-state index in [0.717, 1.165) is 44.8 Å². The van der Waals surface area contributed by atoms with Gasteiger partial charge in [-0.15, -0.1) is 0 Å². The third-order valence-corrected chi connectivity index (χ3v) is 5.12. The van der Waals surface area contributed by atoms with Crippen molar-refractivity contribution in [2.45, 2.75) is 13.0 Å². The molecule has 24 heavy (non-hydrogen) atoms. The first-order chi connectivity index (χ1) is 11.7. The minimum atomic E-state index is 0.0274. The van der Waals surface area contributed by atoms with Crippen LogP contribution in [-0.2, 0) is 6.54 Å². The summed E-state index contributed by atoms with van der Waals surface area (Å²) >= 11 is 0. The Morgan fingerprint density at radius 2 is 1.62 bits per heavy atom. The maximum Gasteiger partial charge on any atom is 0.321 e. The van der Waals surface area contributed by atoms with Crippen LogP contribution in [0.5, 0.6) is 0 Å². The summed E-state index contributed by atoms with van der Waals surface area (Å²) < 4.78 is 0. The monoisotopic (exact) mass is 321 g/mol. The minimum absolute atomic E-state index is 0.0274. The molecule has 4 heteroatoms. The fourth-order valence-corrected chi connectivity index (χ4v) is 3.95. The lowest BCUT2D eigenvalue weighted by Gasteiger charge is -2.48. The fourth-order valence-electron chi connectivity index (χ4n) is 3.95. The topological polar surface area (TPSA) is 35.6 Å². The van der Waals surface area contributed by atoms with Gasteiger partial charge in [0.2, 0.25) is 0 Å². The second kappa shape index (κ2) is 6.29. The van der Waals surface area contributed by atoms with Crippen molar-refractivity contribution in [1.29, 1.82) is 0 Å². The number of benzene rings is 2. The van der Waals surface area contributed by atoms with Gasteiger partial charge in [-0.25, -0.2) is 4.79 Å². The Labute approximate surface area is 143 Å². The second-order valence-corrected chi connectivity index (χ2v) is 7.10. The van der Waals surface area contributed by atoms with E-state index in [1.165, 1.54) is 5.56 Å². The molecule has 0 unspecified atom stereocenters. The normalized spacial score (nSPS) is 19.2. The van der Waals surface area contributed by atoms with E-state index < -0.39 is 0 Å². The van der Waals surface area contributed by atoms with Gasteiger partial charge in [0, 0.05) is 43.8 Å². The van der Waals surface area contributed by atoms with Crippen molar-refractivity contribution >= 4 is 11.7 Å². The average molecular weight is 321 g/mol. The van der Waals surface area contributed by atoms with Crippen LogP contribution in [0.15, 0.2) is 60.7 Å². The molecule has 124 valence electrons. The molecule has 1 N–H and O–H groups in total. The smallest absolute Gasteiger partial charge is 0.321 e. The quantitative estimate of drug-likeness (QED) is 0.940. The van der Waals surface area contributed by atoms with Crippen LogP contribution in [0.4, 0.5) is 10.5 Å². The summed E-state index contributed by atoms with van der Waals surface area (Å²) in [4.78, 5) is 16.9. The number of amides is 2. The predicted molar refractivity (Wildman–Crippen MR) is 95.8 cm³/mol. The van der Waals surface area contributed by atoms with Gasteiger partial charge in [-0.3, -0.25) is 4.90 Å². The molecule has 2 fully saturated rings. The molecule has 0 radical (unpaired) electrons. The summed E-state index contributed by atoms with van der Waals surface area (Å²) in [7, 11) is 0. The fraction of sp³-hybridized carbons (Fsp3) is 0.350. The number of para-hydroxylation sites is 1. The molecule has 0 aromatic heterocycles. The minimum Gasteiger partial charge on any atom is -0.324 e. The number of carbonyl (C=O) groups is 1. The van der Waals surface area contributed by atoms with E-state index in [1.54, 1.807) is 0 Å². The van der Waals surface area contributed by atoms with Crippen LogP contribution in [0.2, 0.25) is 0 Å². The molecule has 1 spiro atoms. The number of nitrogens with zero attached hydrogens (tertiary/aromatic N) is 2. The summed E-state index contributed by atoms with van der Waals surface area (Å²) in [5.41, 5.74) is 2.54. The van der Waals surface area contributed by atoms with Gasteiger partial charge in [-0.05, 0) is 24.1 Å². The Morgan fingerprint density at radius 1 is 0.958 bits per heavy atom. The zero-order valence-corrected chi connectivity index (χ0v) is 13.8. The van der Waals surface area contributed by atoms with E-state index in [2.05, 4.69) is 40.5 Å². The van der Waals surface area contributed by atoms with Crippen molar-refractivity contribution in [1.82, 2.24) is 9.80 Å². The van der Waals surface area contributed by atoms with Crippen LogP contribution in [0, 0.1) is 5.41 Å². The predicted octanol–water partition coefficient (Wildman–Crippen LogP) is 3.43. The van der Waals surface area contributed by atoms with Gasteiger partial charge in [-0.2, -0.15) is 0 Å². The van der Waals surface area contributed by atoms with Gasteiger partial charge in [-0.1, -0.05) is 48.5 Å². The molecule has 0 aliphatic carbocycles. The lowest BCUT2D eigenvalue weighted by atomic mass is 9.79. The highest BCUT2D eigenvalue weighted by molar-refractivity contribution is 5.89. The Kier molecular flexibility index (Phi) is 3.98. The lowest BCUT2D eigenvalue weighted by molar-refractivity contribution is 0.00484. The highest BCUT2D eigenvalue weighted by atomic mass is 16.2. The number of nitrogens with one attached hydrogen (secondary N) is 1. The largest absolute Gasteiger partial charge is 0.324 e. The number of hydrogen-bond donors (Lipinski definition) is 1. The average Bonchev–Trinajstić information content (AvgIpc) is 3.02. The van der Waals surface area contributed by atoms with E-state index in [4.69, 9.17) is 0 Å². The maximum absolute atomic E-state index is 12.4. The van der Waals surface area contributed by atoms with Gasteiger partial charge in [0.15, 0.2) is 0 Å². The Hall–Kier alpha value is -2.33. The molecule has 2 aromatic carbocycles. The third-order valence-electron chi connectivity index (χ3n) is 5.12. The zero-order chi connectivity index (χ0) is 16.4. The first kappa shape index (κ1) is 15.2.